The highest BCUT2D eigenvalue weighted by Gasteiger charge is 2.59. The van der Waals surface area contributed by atoms with Crippen molar-refractivity contribution < 1.29 is 14.4 Å². The minimum Gasteiger partial charge on any atom is -0.324 e. The number of nitrogens with one attached hydrogen (secondary N) is 1. The Labute approximate surface area is 144 Å². The molecule has 0 radical (unpaired) electrons. The molecule has 24 heavy (non-hydrogen) atoms. The Morgan fingerprint density at radius 1 is 1.21 bits per heavy atom. The molecule has 5 nitrogen and oxygen atoms in total. The lowest BCUT2D eigenvalue weighted by Crippen LogP contribution is -2.39. The smallest absolute Gasteiger partial charge is 0.244 e. The van der Waals surface area contributed by atoms with Gasteiger partial charge in [-0.1, -0.05) is 18.2 Å². The minimum atomic E-state index is -0.338. The lowest BCUT2D eigenvalue weighted by Gasteiger charge is -2.17. The Morgan fingerprint density at radius 3 is 2.50 bits per heavy atom. The second-order valence-corrected chi connectivity index (χ2v) is 7.42. The summed E-state index contributed by atoms with van der Waals surface area (Å²) in [6.07, 6.45) is 6.96. The van der Waals surface area contributed by atoms with E-state index in [-0.39, 0.29) is 47.9 Å². The van der Waals surface area contributed by atoms with Gasteiger partial charge in [-0.15, -0.1) is 11.8 Å². The maximum atomic E-state index is 12.6. The van der Waals surface area contributed by atoms with Crippen LogP contribution in [0.2, 0.25) is 0 Å². The molecule has 1 N–H and O–H groups in total. The van der Waals surface area contributed by atoms with Crippen LogP contribution in [-0.4, -0.2) is 35.4 Å². The summed E-state index contributed by atoms with van der Waals surface area (Å²) in [7, 11) is 0. The van der Waals surface area contributed by atoms with Crippen molar-refractivity contribution in [3.63, 3.8) is 0 Å². The van der Waals surface area contributed by atoms with Gasteiger partial charge in [0, 0.05) is 10.6 Å². The fourth-order valence-electron chi connectivity index (χ4n) is 4.16. The first-order valence-electron chi connectivity index (χ1n) is 8.06. The molecule has 1 aliphatic heterocycles. The molecule has 2 fully saturated rings. The number of rotatable bonds is 4. The van der Waals surface area contributed by atoms with Gasteiger partial charge in [0.2, 0.25) is 17.7 Å². The Balaban J connectivity index is 1.45. The van der Waals surface area contributed by atoms with E-state index in [0.29, 0.717) is 5.69 Å². The van der Waals surface area contributed by atoms with Crippen molar-refractivity contribution in [2.24, 2.45) is 23.7 Å². The van der Waals surface area contributed by atoms with Crippen LogP contribution in [0.3, 0.4) is 0 Å². The first-order chi connectivity index (χ1) is 11.6. The molecule has 4 rings (SSSR count). The van der Waals surface area contributed by atoms with E-state index in [1.165, 1.54) is 0 Å². The molecule has 1 saturated carbocycles. The Kier molecular flexibility index (Phi) is 3.72. The van der Waals surface area contributed by atoms with Crippen LogP contribution in [0.4, 0.5) is 5.69 Å². The summed E-state index contributed by atoms with van der Waals surface area (Å²) in [5.41, 5.74) is 0.674. The monoisotopic (exact) mass is 342 g/mol. The topological polar surface area (TPSA) is 66.5 Å². The van der Waals surface area contributed by atoms with Crippen LogP contribution in [0.25, 0.3) is 0 Å². The number of carbonyl (C=O) groups excluding carboxylic acids is 3. The first kappa shape index (κ1) is 15.4. The molecule has 2 aliphatic carbocycles. The van der Waals surface area contributed by atoms with Gasteiger partial charge in [0.1, 0.15) is 6.54 Å². The summed E-state index contributed by atoms with van der Waals surface area (Å²) in [6, 6.07) is 7.48. The zero-order valence-electron chi connectivity index (χ0n) is 13.3. The predicted octanol–water partition coefficient (Wildman–Crippen LogP) is 2.15. The Hall–Kier alpha value is -2.08. The van der Waals surface area contributed by atoms with E-state index in [1.807, 2.05) is 24.5 Å². The summed E-state index contributed by atoms with van der Waals surface area (Å²) in [6.45, 7) is -0.201. The zero-order chi connectivity index (χ0) is 16.8. The molecule has 124 valence electrons. The van der Waals surface area contributed by atoms with E-state index in [1.54, 1.807) is 17.8 Å². The third-order valence-electron chi connectivity index (χ3n) is 5.22. The molecule has 3 aliphatic rings. The highest BCUT2D eigenvalue weighted by Crippen LogP contribution is 2.52. The quantitative estimate of drug-likeness (QED) is 0.517. The fourth-order valence-corrected chi connectivity index (χ4v) is 4.62. The van der Waals surface area contributed by atoms with Gasteiger partial charge in [-0.05, 0) is 42.7 Å². The normalized spacial score (nSPS) is 30.1. The van der Waals surface area contributed by atoms with Crippen molar-refractivity contribution in [1.29, 1.82) is 0 Å². The lowest BCUT2D eigenvalue weighted by molar-refractivity contribution is -0.143. The third kappa shape index (κ3) is 2.36. The Morgan fingerprint density at radius 2 is 1.88 bits per heavy atom. The number of benzene rings is 1. The second-order valence-electron chi connectivity index (χ2n) is 6.54. The molecule has 6 heteroatoms. The molecular weight excluding hydrogens is 324 g/mol. The summed E-state index contributed by atoms with van der Waals surface area (Å²) >= 11 is 1.59. The summed E-state index contributed by atoms with van der Waals surface area (Å²) in [5, 5.41) is 2.77. The highest BCUT2D eigenvalue weighted by molar-refractivity contribution is 7.98. The van der Waals surface area contributed by atoms with Crippen LogP contribution in [0.15, 0.2) is 41.3 Å². The molecule has 0 aromatic heterocycles. The van der Waals surface area contributed by atoms with Gasteiger partial charge in [0.25, 0.3) is 0 Å². The van der Waals surface area contributed by atoms with Crippen molar-refractivity contribution in [1.82, 2.24) is 4.90 Å². The molecule has 1 aromatic carbocycles. The SMILES string of the molecule is CSc1cccc(NC(=O)CN2C(=O)C3C4C=CC(C4)C3C2=O)c1. The average molecular weight is 342 g/mol. The van der Waals surface area contributed by atoms with Crippen molar-refractivity contribution in [2.75, 3.05) is 18.1 Å². The van der Waals surface area contributed by atoms with Gasteiger partial charge in [0.15, 0.2) is 0 Å². The van der Waals surface area contributed by atoms with E-state index in [4.69, 9.17) is 0 Å². The number of imide groups is 1. The average Bonchev–Trinajstić information content (AvgIpc) is 3.25. The zero-order valence-corrected chi connectivity index (χ0v) is 14.1. The molecule has 4 atom stereocenters. The molecule has 0 spiro atoms. The van der Waals surface area contributed by atoms with Crippen LogP contribution >= 0.6 is 11.8 Å². The standard InChI is InChI=1S/C18H18N2O3S/c1-24-13-4-2-3-12(8-13)19-14(21)9-20-17(22)15-10-5-6-11(7-10)16(15)18(20)23/h2-6,8,10-11,15-16H,7,9H2,1H3,(H,19,21). The molecule has 2 bridgehead atoms. The van der Waals surface area contributed by atoms with E-state index >= 15 is 0 Å². The number of allylic oxidation sites excluding steroid dienone is 2. The highest BCUT2D eigenvalue weighted by atomic mass is 32.2. The van der Waals surface area contributed by atoms with Crippen LogP contribution in [0, 0.1) is 23.7 Å². The van der Waals surface area contributed by atoms with Crippen LogP contribution in [0.1, 0.15) is 6.42 Å². The largest absolute Gasteiger partial charge is 0.324 e. The number of anilines is 1. The first-order valence-corrected chi connectivity index (χ1v) is 9.28. The maximum Gasteiger partial charge on any atom is 0.244 e. The number of amides is 3. The van der Waals surface area contributed by atoms with Crippen LogP contribution < -0.4 is 5.32 Å². The van der Waals surface area contributed by atoms with Crippen molar-refractivity contribution in [3.05, 3.63) is 36.4 Å². The fraction of sp³-hybridized carbons (Fsp3) is 0.389. The number of nitrogens with zero attached hydrogens (tertiary/aromatic N) is 1. The Bertz CT molecular complexity index is 730. The van der Waals surface area contributed by atoms with Gasteiger partial charge >= 0.3 is 0 Å². The maximum absolute atomic E-state index is 12.6. The summed E-state index contributed by atoms with van der Waals surface area (Å²) < 4.78 is 0. The van der Waals surface area contributed by atoms with Crippen LogP contribution in [0.5, 0.6) is 0 Å². The molecule has 1 saturated heterocycles. The van der Waals surface area contributed by atoms with Gasteiger partial charge in [-0.3, -0.25) is 19.3 Å². The van der Waals surface area contributed by atoms with Gasteiger partial charge in [-0.2, -0.15) is 0 Å². The van der Waals surface area contributed by atoms with E-state index in [2.05, 4.69) is 17.5 Å². The number of carbonyl (C=O) groups is 3. The lowest BCUT2D eigenvalue weighted by atomic mass is 9.85. The van der Waals surface area contributed by atoms with E-state index in [9.17, 15) is 14.4 Å². The predicted molar refractivity (Wildman–Crippen MR) is 91.3 cm³/mol. The number of likely N-dealkylation sites (tertiary alicyclic amines) is 1. The van der Waals surface area contributed by atoms with E-state index < -0.39 is 0 Å². The molecule has 1 aromatic rings. The van der Waals surface area contributed by atoms with Gasteiger partial charge in [-0.25, -0.2) is 0 Å². The van der Waals surface area contributed by atoms with Crippen molar-refractivity contribution >= 4 is 35.2 Å². The third-order valence-corrected chi connectivity index (χ3v) is 5.94. The van der Waals surface area contributed by atoms with Crippen molar-refractivity contribution in [2.45, 2.75) is 11.3 Å². The van der Waals surface area contributed by atoms with Gasteiger partial charge < -0.3 is 5.32 Å². The van der Waals surface area contributed by atoms with E-state index in [0.717, 1.165) is 16.2 Å². The number of thioether (sulfide) groups is 1. The summed E-state index contributed by atoms with van der Waals surface area (Å²) in [4.78, 5) is 39.6. The molecular formula is C18H18N2O3S. The van der Waals surface area contributed by atoms with Crippen LogP contribution in [-0.2, 0) is 14.4 Å². The molecule has 3 amide bonds. The number of hydrogen-bond donors (Lipinski definition) is 1. The number of fused-ring (bicyclic) bond motifs is 5. The van der Waals surface area contributed by atoms with Crippen molar-refractivity contribution in [3.8, 4) is 0 Å². The second kappa shape index (κ2) is 5.77. The number of hydrogen-bond acceptors (Lipinski definition) is 4. The molecule has 4 unspecified atom stereocenters. The molecule has 1 heterocycles. The minimum absolute atomic E-state index is 0.169. The summed E-state index contributed by atoms with van der Waals surface area (Å²) in [5.74, 6) is -0.870. The van der Waals surface area contributed by atoms with Gasteiger partial charge in [0.05, 0.1) is 11.8 Å².